The van der Waals surface area contributed by atoms with Gasteiger partial charge in [0.1, 0.15) is 15.0 Å². The predicted molar refractivity (Wildman–Crippen MR) is 47.0 cm³/mol. The molecule has 0 amide bonds. The third-order valence-electron chi connectivity index (χ3n) is 0.829. The molecule has 10 heavy (non-hydrogen) atoms. The molecule has 0 fully saturated rings. The number of aromatic nitrogens is 2. The van der Waals surface area contributed by atoms with Gasteiger partial charge in [0.25, 0.3) is 0 Å². The highest BCUT2D eigenvalue weighted by Gasteiger charge is 1.97. The Labute approximate surface area is 80.3 Å². The average Bonchev–Trinajstić information content (AvgIpc) is 1.85. The first-order chi connectivity index (χ1) is 4.72. The summed E-state index contributed by atoms with van der Waals surface area (Å²) in [5.41, 5.74) is 0. The van der Waals surface area contributed by atoms with Crippen LogP contribution < -0.4 is 0 Å². The van der Waals surface area contributed by atoms with E-state index in [1.165, 1.54) is 0 Å². The normalized spacial score (nSPS) is 9.90. The van der Waals surface area contributed by atoms with E-state index in [4.69, 9.17) is 11.6 Å². The van der Waals surface area contributed by atoms with Gasteiger partial charge in [-0.3, -0.25) is 0 Å². The summed E-state index contributed by atoms with van der Waals surface area (Å²) in [6.07, 6.45) is 0. The van der Waals surface area contributed by atoms with Crippen LogP contribution in [0.5, 0.6) is 0 Å². The van der Waals surface area contributed by atoms with E-state index in [0.717, 1.165) is 9.21 Å². The molecule has 0 bridgehead atoms. The van der Waals surface area contributed by atoms with Gasteiger partial charge in [-0.1, -0.05) is 0 Å². The Morgan fingerprint density at radius 3 is 2.20 bits per heavy atom. The topological polar surface area (TPSA) is 25.8 Å². The van der Waals surface area contributed by atoms with Crippen molar-refractivity contribution in [3.8, 4) is 0 Å². The molecule has 0 radical (unpaired) electrons. The number of hydrogen-bond donors (Lipinski definition) is 0. The van der Waals surface area contributed by atoms with Gasteiger partial charge in [-0.2, -0.15) is 0 Å². The van der Waals surface area contributed by atoms with Crippen molar-refractivity contribution in [2.24, 2.45) is 0 Å². The van der Waals surface area contributed by atoms with E-state index in [2.05, 4.69) is 41.8 Å². The molecule has 0 spiro atoms. The minimum Gasteiger partial charge on any atom is -0.225 e. The standard InChI is InChI=1S/C5H3Br2ClN2/c6-3-1-4(7)10-5(2-8)9-3/h1H,2H2. The first kappa shape index (κ1) is 8.43. The lowest BCUT2D eigenvalue weighted by Gasteiger charge is -1.95. The second-order valence-corrected chi connectivity index (χ2v) is 3.46. The second-order valence-electron chi connectivity index (χ2n) is 1.56. The molecule has 0 saturated carbocycles. The van der Waals surface area contributed by atoms with Gasteiger partial charge in [0.15, 0.2) is 0 Å². The van der Waals surface area contributed by atoms with E-state index < -0.39 is 0 Å². The van der Waals surface area contributed by atoms with Crippen molar-refractivity contribution < 1.29 is 0 Å². The number of nitrogens with zero attached hydrogens (tertiary/aromatic N) is 2. The highest BCUT2D eigenvalue weighted by Crippen LogP contribution is 2.13. The minimum atomic E-state index is 0.331. The van der Waals surface area contributed by atoms with Gasteiger partial charge < -0.3 is 0 Å². The van der Waals surface area contributed by atoms with E-state index in [0.29, 0.717) is 11.7 Å². The summed E-state index contributed by atoms with van der Waals surface area (Å²) in [7, 11) is 0. The summed E-state index contributed by atoms with van der Waals surface area (Å²) < 4.78 is 1.48. The van der Waals surface area contributed by atoms with Gasteiger partial charge >= 0.3 is 0 Å². The lowest BCUT2D eigenvalue weighted by molar-refractivity contribution is 0.993. The molecule has 0 atom stereocenters. The van der Waals surface area contributed by atoms with Crippen LogP contribution in [0.4, 0.5) is 0 Å². The third-order valence-corrected chi connectivity index (χ3v) is 1.88. The Morgan fingerprint density at radius 1 is 1.30 bits per heavy atom. The van der Waals surface area contributed by atoms with Gasteiger partial charge in [0.05, 0.1) is 5.88 Å². The summed E-state index contributed by atoms with van der Waals surface area (Å²) in [4.78, 5) is 7.99. The Hall–Kier alpha value is 0.330. The molecule has 1 rings (SSSR count). The lowest BCUT2D eigenvalue weighted by atomic mass is 10.6. The van der Waals surface area contributed by atoms with Gasteiger partial charge in [-0.15, -0.1) is 11.6 Å². The van der Waals surface area contributed by atoms with Crippen molar-refractivity contribution in [2.75, 3.05) is 0 Å². The largest absolute Gasteiger partial charge is 0.225 e. The van der Waals surface area contributed by atoms with E-state index in [-0.39, 0.29) is 0 Å². The molecule has 1 heterocycles. The first-order valence-corrected chi connectivity index (χ1v) is 4.59. The molecule has 0 saturated heterocycles. The van der Waals surface area contributed by atoms with Crippen molar-refractivity contribution in [1.29, 1.82) is 0 Å². The molecule has 5 heteroatoms. The van der Waals surface area contributed by atoms with Gasteiger partial charge in [0, 0.05) is 6.07 Å². The van der Waals surface area contributed by atoms with Gasteiger partial charge in [-0.25, -0.2) is 9.97 Å². The fourth-order valence-corrected chi connectivity index (χ4v) is 1.76. The molecule has 0 aliphatic heterocycles. The zero-order chi connectivity index (χ0) is 7.56. The molecule has 0 aromatic carbocycles. The number of halogens is 3. The fourth-order valence-electron chi connectivity index (χ4n) is 0.494. The maximum Gasteiger partial charge on any atom is 0.145 e. The summed E-state index contributed by atoms with van der Waals surface area (Å²) in [6, 6.07) is 1.76. The Morgan fingerprint density at radius 2 is 1.80 bits per heavy atom. The monoisotopic (exact) mass is 284 g/mol. The molecule has 0 N–H and O–H groups in total. The average molecular weight is 286 g/mol. The number of rotatable bonds is 1. The van der Waals surface area contributed by atoms with E-state index in [1.807, 2.05) is 0 Å². The zero-order valence-corrected chi connectivity index (χ0v) is 8.74. The summed E-state index contributed by atoms with van der Waals surface area (Å²) in [5, 5.41) is 0. The highest BCUT2D eigenvalue weighted by molar-refractivity contribution is 9.11. The van der Waals surface area contributed by atoms with E-state index >= 15 is 0 Å². The van der Waals surface area contributed by atoms with Crippen LogP contribution >= 0.6 is 43.5 Å². The van der Waals surface area contributed by atoms with Crippen LogP contribution in [0.2, 0.25) is 0 Å². The Kier molecular flexibility index (Phi) is 3.07. The van der Waals surface area contributed by atoms with Crippen LogP contribution in [0.1, 0.15) is 5.82 Å². The van der Waals surface area contributed by atoms with Crippen LogP contribution in [0, 0.1) is 0 Å². The fraction of sp³-hybridized carbons (Fsp3) is 0.200. The first-order valence-electron chi connectivity index (χ1n) is 2.47. The van der Waals surface area contributed by atoms with Crippen molar-refractivity contribution in [1.82, 2.24) is 9.97 Å². The molecule has 0 unspecified atom stereocenters. The summed E-state index contributed by atoms with van der Waals surface area (Å²) in [5.74, 6) is 0.945. The Balaban J connectivity index is 3.06. The molecule has 1 aromatic heterocycles. The summed E-state index contributed by atoms with van der Waals surface area (Å²) >= 11 is 11.9. The summed E-state index contributed by atoms with van der Waals surface area (Å²) in [6.45, 7) is 0. The predicted octanol–water partition coefficient (Wildman–Crippen LogP) is 2.74. The van der Waals surface area contributed by atoms with E-state index in [9.17, 15) is 0 Å². The maximum absolute atomic E-state index is 5.50. The minimum absolute atomic E-state index is 0.331. The van der Waals surface area contributed by atoms with E-state index in [1.54, 1.807) is 6.07 Å². The second kappa shape index (κ2) is 3.64. The lowest BCUT2D eigenvalue weighted by Crippen LogP contribution is -1.91. The number of alkyl halides is 1. The van der Waals surface area contributed by atoms with Crippen molar-refractivity contribution >= 4 is 43.5 Å². The SMILES string of the molecule is ClCc1nc(Br)cc(Br)n1. The molecule has 54 valence electrons. The Bertz CT molecular complexity index is 221. The van der Waals surface area contributed by atoms with Crippen molar-refractivity contribution in [3.05, 3.63) is 21.1 Å². The molecular weight excluding hydrogens is 283 g/mol. The van der Waals surface area contributed by atoms with Gasteiger partial charge in [0.2, 0.25) is 0 Å². The molecule has 0 aliphatic rings. The van der Waals surface area contributed by atoms with Crippen LogP contribution in [-0.4, -0.2) is 9.97 Å². The molecule has 2 nitrogen and oxygen atoms in total. The maximum atomic E-state index is 5.50. The van der Waals surface area contributed by atoms with Crippen molar-refractivity contribution in [3.63, 3.8) is 0 Å². The smallest absolute Gasteiger partial charge is 0.145 e. The molecular formula is C5H3Br2ClN2. The van der Waals surface area contributed by atoms with Crippen LogP contribution in [0.3, 0.4) is 0 Å². The number of hydrogen-bond acceptors (Lipinski definition) is 2. The third kappa shape index (κ3) is 2.18. The van der Waals surface area contributed by atoms with Crippen LogP contribution in [-0.2, 0) is 5.88 Å². The quantitative estimate of drug-likeness (QED) is 0.586. The van der Waals surface area contributed by atoms with Gasteiger partial charge in [-0.05, 0) is 31.9 Å². The zero-order valence-electron chi connectivity index (χ0n) is 4.81. The van der Waals surface area contributed by atoms with Crippen LogP contribution in [0.15, 0.2) is 15.3 Å². The van der Waals surface area contributed by atoms with Crippen molar-refractivity contribution in [2.45, 2.75) is 5.88 Å². The van der Waals surface area contributed by atoms with Crippen LogP contribution in [0.25, 0.3) is 0 Å². The molecule has 0 aliphatic carbocycles. The highest BCUT2D eigenvalue weighted by atomic mass is 79.9. The molecule has 1 aromatic rings.